The second-order valence-corrected chi connectivity index (χ2v) is 12.2. The Balaban J connectivity index is 0.000000241. The Bertz CT molecular complexity index is 2160. The van der Waals surface area contributed by atoms with Crippen molar-refractivity contribution in [2.75, 3.05) is 0 Å². The summed E-state index contributed by atoms with van der Waals surface area (Å²) in [6, 6.07) is 35.3. The van der Waals surface area contributed by atoms with Gasteiger partial charge in [-0.3, -0.25) is 4.98 Å². The number of hydrogen-bond donors (Lipinski definition) is 0. The molecule has 4 aromatic carbocycles. The minimum atomic E-state index is -2.09. The predicted molar refractivity (Wildman–Crippen MR) is 191 cm³/mol. The van der Waals surface area contributed by atoms with E-state index in [0.717, 1.165) is 57.5 Å². The van der Waals surface area contributed by atoms with Crippen molar-refractivity contribution in [3.63, 3.8) is 0 Å². The largest absolute Gasteiger partial charge is 0.557 e. The van der Waals surface area contributed by atoms with Gasteiger partial charge in [0.05, 0.1) is 16.9 Å². The normalized spacial score (nSPS) is 12.4. The Morgan fingerprint density at radius 3 is 2.30 bits per heavy atom. The Morgan fingerprint density at radius 2 is 1.64 bits per heavy atom. The molecular weight excluding hydrogens is 755 g/mol. The van der Waals surface area contributed by atoms with Crippen LogP contribution in [0.4, 0.5) is 0 Å². The number of fused-ring (bicyclic) bond motifs is 2. The van der Waals surface area contributed by atoms with Gasteiger partial charge in [0, 0.05) is 47.9 Å². The van der Waals surface area contributed by atoms with Gasteiger partial charge in [-0.15, -0.1) is 35.9 Å². The zero-order valence-corrected chi connectivity index (χ0v) is 29.9. The second kappa shape index (κ2) is 15.1. The first kappa shape index (κ1) is 30.0. The van der Waals surface area contributed by atoms with Crippen molar-refractivity contribution in [3.8, 4) is 28.3 Å². The van der Waals surface area contributed by atoms with Gasteiger partial charge >= 0.3 is 0 Å². The maximum absolute atomic E-state index is 7.23. The summed E-state index contributed by atoms with van der Waals surface area (Å²) in [5.41, 5.74) is 10.9. The first-order valence-electron chi connectivity index (χ1n) is 17.5. The molecule has 5 heteroatoms. The number of para-hydroxylation sites is 3. The molecule has 3 aromatic heterocycles. The monoisotopic (exact) mass is 799 g/mol. The van der Waals surface area contributed by atoms with Gasteiger partial charge in [-0.25, -0.2) is 0 Å². The number of rotatable bonds is 7. The number of imidazole rings is 1. The fraction of sp³-hybridized carbons (Fsp3) is 0.238. The molecule has 0 aliphatic heterocycles. The maximum Gasteiger partial charge on any atom is 0.0774 e. The molecule has 0 aliphatic rings. The second-order valence-electron chi connectivity index (χ2n) is 12.2. The molecule has 4 nitrogen and oxygen atoms in total. The Kier molecular flexibility index (Phi) is 9.63. The summed E-state index contributed by atoms with van der Waals surface area (Å²) in [5, 5.41) is 1.07. The Labute approximate surface area is 296 Å². The van der Waals surface area contributed by atoms with Gasteiger partial charge in [-0.1, -0.05) is 118 Å². The molecule has 1 radical (unpaired) electrons. The number of nitrogens with zero attached hydrogens (tertiary/aromatic N) is 3. The topological polar surface area (TPSA) is 43.9 Å². The summed E-state index contributed by atoms with van der Waals surface area (Å²) < 4.78 is 29.9. The molecule has 0 atom stereocenters. The SMILES string of the molecule is CCCc1ccc2o[c-]c(-c3nc4ccccc4n3-c3c(C(C)C)cccc3C(C)C)c2c1.[2H]C([2H])([2H])c1ccc(-c2[c-]cccc2)nc1.[Ir]. The third-order valence-electron chi connectivity index (χ3n) is 8.21. The summed E-state index contributed by atoms with van der Waals surface area (Å²) in [5.74, 6) is 1.65. The van der Waals surface area contributed by atoms with Crippen molar-refractivity contribution in [2.45, 2.75) is 66.1 Å². The van der Waals surface area contributed by atoms with E-state index in [2.05, 4.69) is 117 Å². The molecule has 3 heterocycles. The van der Waals surface area contributed by atoms with E-state index in [1.165, 1.54) is 28.6 Å². The average Bonchev–Trinajstić information content (AvgIpc) is 3.69. The Morgan fingerprint density at radius 1 is 0.872 bits per heavy atom. The van der Waals surface area contributed by atoms with Crippen molar-refractivity contribution in [2.24, 2.45) is 0 Å². The van der Waals surface area contributed by atoms with E-state index < -0.39 is 6.85 Å². The van der Waals surface area contributed by atoms with Crippen molar-refractivity contribution in [1.82, 2.24) is 14.5 Å². The molecule has 0 aliphatic carbocycles. The maximum atomic E-state index is 7.23. The molecule has 0 unspecified atom stereocenters. The third-order valence-corrected chi connectivity index (χ3v) is 8.21. The molecule has 0 N–H and O–H groups in total. The van der Waals surface area contributed by atoms with E-state index in [1.807, 2.05) is 18.2 Å². The smallest absolute Gasteiger partial charge is 0.0774 e. The zero-order chi connectivity index (χ0) is 34.7. The first-order valence-corrected chi connectivity index (χ1v) is 16.0. The van der Waals surface area contributed by atoms with Gasteiger partial charge in [0.2, 0.25) is 0 Å². The molecular formula is C42H41IrN3O-2. The number of benzene rings is 4. The van der Waals surface area contributed by atoms with Crippen LogP contribution < -0.4 is 0 Å². The fourth-order valence-corrected chi connectivity index (χ4v) is 5.93. The van der Waals surface area contributed by atoms with Crippen molar-refractivity contribution in [1.29, 1.82) is 0 Å². The van der Waals surface area contributed by atoms with Crippen LogP contribution in [0.15, 0.2) is 108 Å². The summed E-state index contributed by atoms with van der Waals surface area (Å²) in [4.78, 5) is 9.25. The van der Waals surface area contributed by atoms with E-state index in [4.69, 9.17) is 13.5 Å². The van der Waals surface area contributed by atoms with Crippen LogP contribution in [0.2, 0.25) is 0 Å². The number of furan rings is 1. The van der Waals surface area contributed by atoms with Gasteiger partial charge in [-0.05, 0) is 59.6 Å². The van der Waals surface area contributed by atoms with Crippen molar-refractivity contribution in [3.05, 3.63) is 138 Å². The molecule has 0 saturated heterocycles. The minimum absolute atomic E-state index is 0. The van der Waals surface area contributed by atoms with Crippen LogP contribution in [-0.2, 0) is 26.5 Å². The fourth-order valence-electron chi connectivity index (χ4n) is 5.93. The van der Waals surface area contributed by atoms with E-state index in [9.17, 15) is 0 Å². The molecule has 47 heavy (non-hydrogen) atoms. The third kappa shape index (κ3) is 7.17. The molecule has 0 fully saturated rings. The quantitative estimate of drug-likeness (QED) is 0.151. The van der Waals surface area contributed by atoms with Crippen LogP contribution in [0.5, 0.6) is 0 Å². The van der Waals surface area contributed by atoms with Crippen LogP contribution in [0, 0.1) is 19.2 Å². The van der Waals surface area contributed by atoms with Crippen LogP contribution in [0.1, 0.15) is 79.2 Å². The first-order chi connectivity index (χ1) is 23.6. The summed E-state index contributed by atoms with van der Waals surface area (Å²) in [7, 11) is 0. The summed E-state index contributed by atoms with van der Waals surface area (Å²) in [6.07, 6.45) is 6.76. The van der Waals surface area contributed by atoms with E-state index in [1.54, 1.807) is 18.2 Å². The van der Waals surface area contributed by atoms with Gasteiger partial charge in [0.1, 0.15) is 0 Å². The van der Waals surface area contributed by atoms with Crippen LogP contribution >= 0.6 is 0 Å². The molecule has 7 aromatic rings. The van der Waals surface area contributed by atoms with Gasteiger partial charge in [0.15, 0.2) is 0 Å². The molecule has 7 rings (SSSR count). The van der Waals surface area contributed by atoms with Crippen molar-refractivity contribution >= 4 is 22.0 Å². The minimum Gasteiger partial charge on any atom is -0.557 e. The summed E-state index contributed by atoms with van der Waals surface area (Å²) in [6.45, 7) is 9.17. The number of pyridine rings is 1. The Hall–Kier alpha value is -4.31. The number of aromatic nitrogens is 3. The molecule has 0 spiro atoms. The van der Waals surface area contributed by atoms with E-state index in [0.29, 0.717) is 11.8 Å². The van der Waals surface area contributed by atoms with Crippen molar-refractivity contribution < 1.29 is 28.6 Å². The standard InChI is InChI=1S/C30H31N2O.C12H10N.Ir/c1-6-10-21-15-16-28-24(17-21)25(18-33-28)30-31-26-13-7-8-14-27(26)32(30)29-22(19(2)3)11-9-12-23(29)20(4)5;1-10-7-8-12(13-9-10)11-5-3-2-4-6-11;/h7-9,11-17,19-20H,6,10H2,1-5H3;2-5,7-9H,1H3;/q2*-1;/i;1D3;. The summed E-state index contributed by atoms with van der Waals surface area (Å²) >= 11 is 0. The van der Waals surface area contributed by atoms with Crippen LogP contribution in [0.3, 0.4) is 0 Å². The molecule has 241 valence electrons. The molecule has 0 amide bonds. The number of aryl methyl sites for hydroxylation is 2. The molecule has 0 saturated carbocycles. The van der Waals surface area contributed by atoms with Gasteiger partial charge in [-0.2, -0.15) is 0 Å². The average molecular weight is 799 g/mol. The van der Waals surface area contributed by atoms with Gasteiger partial charge in [0.25, 0.3) is 0 Å². The van der Waals surface area contributed by atoms with Gasteiger partial charge < -0.3 is 14.0 Å². The number of hydrogen-bond acceptors (Lipinski definition) is 3. The van der Waals surface area contributed by atoms with E-state index in [-0.39, 0.29) is 25.7 Å². The molecule has 0 bridgehead atoms. The predicted octanol–water partition coefficient (Wildman–Crippen LogP) is 11.3. The zero-order valence-electron chi connectivity index (χ0n) is 30.5. The van der Waals surface area contributed by atoms with E-state index >= 15 is 0 Å². The van der Waals surface area contributed by atoms with Crippen LogP contribution in [-0.4, -0.2) is 14.5 Å². The van der Waals surface area contributed by atoms with Crippen LogP contribution in [0.25, 0.3) is 50.3 Å².